The third kappa shape index (κ3) is 4.74. The van der Waals surface area contributed by atoms with Crippen molar-refractivity contribution >= 4 is 26.0 Å². The highest BCUT2D eigenvalue weighted by Crippen LogP contribution is 2.19. The molecule has 1 N–H and O–H groups in total. The average Bonchev–Trinajstić information content (AvgIpc) is 2.44. The first-order chi connectivity index (χ1) is 9.88. The smallest absolute Gasteiger partial charge is 0.240 e. The van der Waals surface area contributed by atoms with Gasteiger partial charge in [-0.1, -0.05) is 6.92 Å². The highest BCUT2D eigenvalue weighted by molar-refractivity contribution is 9.10. The van der Waals surface area contributed by atoms with Crippen LogP contribution in [0.3, 0.4) is 0 Å². The molecule has 7 heteroatoms. The quantitative estimate of drug-likeness (QED) is 0.856. The maximum atomic E-state index is 13.4. The van der Waals surface area contributed by atoms with Gasteiger partial charge < -0.3 is 4.90 Å². The van der Waals surface area contributed by atoms with E-state index in [9.17, 15) is 12.8 Å². The number of piperidine rings is 1. The average molecular weight is 379 g/mol. The fourth-order valence-electron chi connectivity index (χ4n) is 2.35. The Kier molecular flexibility index (Phi) is 5.76. The molecule has 1 aromatic rings. The van der Waals surface area contributed by atoms with Crippen LogP contribution in [0.5, 0.6) is 0 Å². The van der Waals surface area contributed by atoms with Crippen LogP contribution < -0.4 is 4.72 Å². The summed E-state index contributed by atoms with van der Waals surface area (Å²) in [5.41, 5.74) is 0. The predicted molar refractivity (Wildman–Crippen MR) is 84.1 cm³/mol. The van der Waals surface area contributed by atoms with Gasteiger partial charge in [-0.2, -0.15) is 0 Å². The summed E-state index contributed by atoms with van der Waals surface area (Å²) in [6, 6.07) is 3.81. The number of sulfonamides is 1. The molecule has 4 nitrogen and oxygen atoms in total. The van der Waals surface area contributed by atoms with Gasteiger partial charge in [0.15, 0.2) is 0 Å². The Morgan fingerprint density at radius 1 is 1.38 bits per heavy atom. The molecule has 0 aromatic heterocycles. The largest absolute Gasteiger partial charge is 0.302 e. The molecule has 0 saturated carbocycles. The van der Waals surface area contributed by atoms with Crippen molar-refractivity contribution in [1.82, 2.24) is 9.62 Å². The Balaban J connectivity index is 1.88. The van der Waals surface area contributed by atoms with Crippen molar-refractivity contribution in [3.05, 3.63) is 28.5 Å². The molecule has 1 saturated heterocycles. The summed E-state index contributed by atoms with van der Waals surface area (Å²) in [7, 11) is -3.65. The van der Waals surface area contributed by atoms with Crippen LogP contribution in [0.4, 0.5) is 4.39 Å². The fraction of sp³-hybridized carbons (Fsp3) is 0.571. The van der Waals surface area contributed by atoms with E-state index in [4.69, 9.17) is 0 Å². The monoisotopic (exact) mass is 378 g/mol. The highest BCUT2D eigenvalue weighted by Gasteiger charge is 2.18. The van der Waals surface area contributed by atoms with Gasteiger partial charge in [-0.3, -0.25) is 0 Å². The molecule has 0 spiro atoms. The summed E-state index contributed by atoms with van der Waals surface area (Å²) >= 11 is 3.01. The Hall–Kier alpha value is -0.500. The van der Waals surface area contributed by atoms with Gasteiger partial charge in [-0.05, 0) is 66.0 Å². The minimum Gasteiger partial charge on any atom is -0.302 e. The molecule has 0 aliphatic carbocycles. The molecule has 21 heavy (non-hydrogen) atoms. The molecule has 0 radical (unpaired) electrons. The van der Waals surface area contributed by atoms with E-state index in [0.29, 0.717) is 13.1 Å². The summed E-state index contributed by atoms with van der Waals surface area (Å²) in [5, 5.41) is 0. The maximum absolute atomic E-state index is 13.4. The van der Waals surface area contributed by atoms with Crippen molar-refractivity contribution in [2.24, 2.45) is 5.92 Å². The van der Waals surface area contributed by atoms with Gasteiger partial charge in [0.1, 0.15) is 5.82 Å². The zero-order valence-corrected chi connectivity index (χ0v) is 14.4. The maximum Gasteiger partial charge on any atom is 0.240 e. The predicted octanol–water partition coefficient (Wildman–Crippen LogP) is 2.60. The molecule has 0 unspecified atom stereocenters. The number of rotatable bonds is 5. The lowest BCUT2D eigenvalue weighted by Gasteiger charge is -2.30. The van der Waals surface area contributed by atoms with E-state index in [1.807, 2.05) is 0 Å². The van der Waals surface area contributed by atoms with Crippen molar-refractivity contribution in [2.45, 2.75) is 24.7 Å². The summed E-state index contributed by atoms with van der Waals surface area (Å²) in [4.78, 5) is 2.21. The molecule has 0 atom stereocenters. The lowest BCUT2D eigenvalue weighted by molar-refractivity contribution is 0.195. The lowest BCUT2D eigenvalue weighted by atomic mass is 9.99. The molecular weight excluding hydrogens is 359 g/mol. The van der Waals surface area contributed by atoms with Crippen molar-refractivity contribution in [3.8, 4) is 0 Å². The van der Waals surface area contributed by atoms with Crippen molar-refractivity contribution < 1.29 is 12.8 Å². The standard InChI is InChI=1S/C14H20BrFN2O2S/c1-11-4-7-18(8-5-11)9-6-17-21(19,20)12-2-3-13(15)14(16)10-12/h2-3,10-11,17H,4-9H2,1H3. The van der Waals surface area contributed by atoms with E-state index in [1.54, 1.807) is 0 Å². The van der Waals surface area contributed by atoms with Crippen molar-refractivity contribution in [3.63, 3.8) is 0 Å². The topological polar surface area (TPSA) is 49.4 Å². The number of hydrogen-bond acceptors (Lipinski definition) is 3. The molecule has 2 rings (SSSR count). The second-order valence-corrected chi connectivity index (χ2v) is 8.12. The Morgan fingerprint density at radius 2 is 2.05 bits per heavy atom. The van der Waals surface area contributed by atoms with Crippen molar-refractivity contribution in [2.75, 3.05) is 26.2 Å². The van der Waals surface area contributed by atoms with Crippen LogP contribution in [0, 0.1) is 11.7 Å². The van der Waals surface area contributed by atoms with Gasteiger partial charge in [0.05, 0.1) is 9.37 Å². The van der Waals surface area contributed by atoms with Crippen LogP contribution in [0.1, 0.15) is 19.8 Å². The van der Waals surface area contributed by atoms with Gasteiger partial charge in [0, 0.05) is 13.1 Å². The van der Waals surface area contributed by atoms with E-state index < -0.39 is 15.8 Å². The minimum atomic E-state index is -3.65. The van der Waals surface area contributed by atoms with Crippen LogP contribution in [0.25, 0.3) is 0 Å². The van der Waals surface area contributed by atoms with E-state index in [2.05, 4.69) is 32.5 Å². The molecule has 0 bridgehead atoms. The van der Waals surface area contributed by atoms with Crippen LogP contribution >= 0.6 is 15.9 Å². The van der Waals surface area contributed by atoms with Crippen LogP contribution in [0.2, 0.25) is 0 Å². The molecule has 118 valence electrons. The molecule has 1 heterocycles. The number of likely N-dealkylation sites (tertiary alicyclic amines) is 1. The second kappa shape index (κ2) is 7.17. The molecule has 0 amide bonds. The first kappa shape index (κ1) is 16.9. The normalized spacial score (nSPS) is 18.0. The second-order valence-electron chi connectivity index (χ2n) is 5.50. The minimum absolute atomic E-state index is 0.0459. The zero-order chi connectivity index (χ0) is 15.5. The molecule has 1 aliphatic rings. The van der Waals surface area contributed by atoms with Gasteiger partial charge in [-0.15, -0.1) is 0 Å². The lowest BCUT2D eigenvalue weighted by Crippen LogP contribution is -2.39. The Morgan fingerprint density at radius 3 is 2.67 bits per heavy atom. The van der Waals surface area contributed by atoms with E-state index >= 15 is 0 Å². The first-order valence-corrected chi connectivity index (χ1v) is 9.33. The molecule has 1 fully saturated rings. The van der Waals surface area contributed by atoms with E-state index in [0.717, 1.165) is 37.9 Å². The van der Waals surface area contributed by atoms with Crippen LogP contribution in [-0.2, 0) is 10.0 Å². The Labute approximate surface area is 133 Å². The van der Waals surface area contributed by atoms with E-state index in [-0.39, 0.29) is 9.37 Å². The number of nitrogens with one attached hydrogen (secondary N) is 1. The summed E-state index contributed by atoms with van der Waals surface area (Å²) in [6.07, 6.45) is 2.31. The summed E-state index contributed by atoms with van der Waals surface area (Å²) < 4.78 is 40.4. The number of hydrogen-bond donors (Lipinski definition) is 1. The number of nitrogens with zero attached hydrogens (tertiary/aromatic N) is 1. The summed E-state index contributed by atoms with van der Waals surface area (Å²) in [6.45, 7) is 5.28. The third-order valence-corrected chi connectivity index (χ3v) is 5.90. The first-order valence-electron chi connectivity index (χ1n) is 7.05. The third-order valence-electron chi connectivity index (χ3n) is 3.80. The van der Waals surface area contributed by atoms with Gasteiger partial charge in [0.2, 0.25) is 10.0 Å². The SMILES string of the molecule is CC1CCN(CCNS(=O)(=O)c2ccc(Br)c(F)c2)CC1. The zero-order valence-electron chi connectivity index (χ0n) is 12.0. The molecular formula is C14H20BrFN2O2S. The highest BCUT2D eigenvalue weighted by atomic mass is 79.9. The van der Waals surface area contributed by atoms with E-state index in [1.165, 1.54) is 12.1 Å². The molecule has 1 aliphatic heterocycles. The van der Waals surface area contributed by atoms with Gasteiger partial charge >= 0.3 is 0 Å². The summed E-state index contributed by atoms with van der Waals surface area (Å²) in [5.74, 6) is 0.173. The fourth-order valence-corrected chi connectivity index (χ4v) is 3.63. The van der Waals surface area contributed by atoms with Gasteiger partial charge in [0.25, 0.3) is 0 Å². The van der Waals surface area contributed by atoms with Crippen LogP contribution in [0.15, 0.2) is 27.6 Å². The van der Waals surface area contributed by atoms with Crippen molar-refractivity contribution in [1.29, 1.82) is 0 Å². The number of halogens is 2. The molecule has 1 aromatic carbocycles. The Bertz CT molecular complexity index is 587. The van der Waals surface area contributed by atoms with Gasteiger partial charge in [-0.25, -0.2) is 17.5 Å². The van der Waals surface area contributed by atoms with Crippen LogP contribution in [-0.4, -0.2) is 39.5 Å². The number of benzene rings is 1.